The molecule has 0 aromatic rings. The summed E-state index contributed by atoms with van der Waals surface area (Å²) in [6.07, 6.45) is 0. The van der Waals surface area contributed by atoms with E-state index in [1.165, 1.54) is 4.90 Å². The summed E-state index contributed by atoms with van der Waals surface area (Å²) in [5, 5.41) is 12.1. The first-order valence-corrected chi connectivity index (χ1v) is 5.89. The van der Waals surface area contributed by atoms with Crippen LogP contribution in [0.25, 0.3) is 0 Å². The van der Waals surface area contributed by atoms with Gasteiger partial charge in [0, 0.05) is 19.0 Å². The predicted molar refractivity (Wildman–Crippen MR) is 61.7 cm³/mol. The van der Waals surface area contributed by atoms with Gasteiger partial charge >= 0.3 is 5.97 Å². The molecule has 0 saturated carbocycles. The van der Waals surface area contributed by atoms with E-state index in [0.29, 0.717) is 19.7 Å². The summed E-state index contributed by atoms with van der Waals surface area (Å²) in [7, 11) is 0. The number of carboxylic acids is 1. The summed E-state index contributed by atoms with van der Waals surface area (Å²) in [6, 6.07) is -0.847. The van der Waals surface area contributed by atoms with Gasteiger partial charge in [0.2, 0.25) is 5.91 Å². The molecule has 1 rings (SSSR count). The predicted octanol–water partition coefficient (Wildman–Crippen LogP) is -0.456. The van der Waals surface area contributed by atoms with Crippen LogP contribution in [-0.2, 0) is 14.3 Å². The number of hydrogen-bond acceptors (Lipinski definition) is 4. The highest BCUT2D eigenvalue weighted by Gasteiger charge is 2.34. The van der Waals surface area contributed by atoms with E-state index in [9.17, 15) is 9.59 Å². The van der Waals surface area contributed by atoms with Crippen molar-refractivity contribution in [3.05, 3.63) is 0 Å². The van der Waals surface area contributed by atoms with E-state index in [1.54, 1.807) is 6.92 Å². The minimum Gasteiger partial charge on any atom is -0.480 e. The quantitative estimate of drug-likeness (QED) is 0.684. The van der Waals surface area contributed by atoms with E-state index in [-0.39, 0.29) is 18.4 Å². The Labute approximate surface area is 101 Å². The lowest BCUT2D eigenvalue weighted by Crippen LogP contribution is -2.54. The second-order valence-corrected chi connectivity index (χ2v) is 4.17. The maximum atomic E-state index is 12.1. The zero-order valence-corrected chi connectivity index (χ0v) is 10.3. The fourth-order valence-electron chi connectivity index (χ4n) is 1.80. The summed E-state index contributed by atoms with van der Waals surface area (Å²) in [4.78, 5) is 24.5. The second-order valence-electron chi connectivity index (χ2n) is 4.17. The number of amides is 1. The molecule has 17 heavy (non-hydrogen) atoms. The van der Waals surface area contributed by atoms with Crippen molar-refractivity contribution in [2.24, 2.45) is 5.92 Å². The average Bonchev–Trinajstić information content (AvgIpc) is 2.34. The molecule has 1 heterocycles. The molecule has 0 radical (unpaired) electrons. The Kier molecular flexibility index (Phi) is 5.37. The normalized spacial score (nSPS) is 22.2. The second kappa shape index (κ2) is 6.56. The third kappa shape index (κ3) is 3.67. The number of carbonyl (C=O) groups is 2. The van der Waals surface area contributed by atoms with Crippen LogP contribution in [0.15, 0.2) is 0 Å². The topological polar surface area (TPSA) is 78.9 Å². The lowest BCUT2D eigenvalue weighted by atomic mass is 10.1. The number of carbonyl (C=O) groups excluding carboxylic acids is 1. The van der Waals surface area contributed by atoms with Crippen molar-refractivity contribution in [2.75, 3.05) is 32.8 Å². The van der Waals surface area contributed by atoms with Gasteiger partial charge in [-0.25, -0.2) is 4.79 Å². The maximum Gasteiger partial charge on any atom is 0.328 e. The summed E-state index contributed by atoms with van der Waals surface area (Å²) >= 11 is 0. The van der Waals surface area contributed by atoms with Crippen LogP contribution in [0.4, 0.5) is 0 Å². The molecule has 1 aliphatic rings. The van der Waals surface area contributed by atoms with Gasteiger partial charge in [0.1, 0.15) is 0 Å². The summed E-state index contributed by atoms with van der Waals surface area (Å²) < 4.78 is 5.09. The minimum atomic E-state index is -1.01. The van der Waals surface area contributed by atoms with E-state index >= 15 is 0 Å². The van der Waals surface area contributed by atoms with Gasteiger partial charge in [-0.1, -0.05) is 13.8 Å². The van der Waals surface area contributed by atoms with Gasteiger partial charge in [0.05, 0.1) is 13.2 Å². The first-order chi connectivity index (χ1) is 8.07. The van der Waals surface area contributed by atoms with Crippen molar-refractivity contribution < 1.29 is 19.4 Å². The Balaban J connectivity index is 2.61. The molecule has 1 amide bonds. The number of nitrogens with zero attached hydrogens (tertiary/aromatic N) is 1. The molecule has 0 aromatic heterocycles. The fraction of sp³-hybridized carbons (Fsp3) is 0.818. The first-order valence-electron chi connectivity index (χ1n) is 5.89. The Morgan fingerprint density at radius 2 is 2.29 bits per heavy atom. The summed E-state index contributed by atoms with van der Waals surface area (Å²) in [5.41, 5.74) is 0. The van der Waals surface area contributed by atoms with Crippen molar-refractivity contribution in [3.8, 4) is 0 Å². The first kappa shape index (κ1) is 13.9. The summed E-state index contributed by atoms with van der Waals surface area (Å²) in [6.45, 7) is 5.97. The Morgan fingerprint density at radius 3 is 2.88 bits per heavy atom. The van der Waals surface area contributed by atoms with E-state index in [1.807, 2.05) is 6.92 Å². The molecule has 6 heteroatoms. The molecule has 1 aliphatic heterocycles. The zero-order chi connectivity index (χ0) is 12.8. The van der Waals surface area contributed by atoms with Crippen molar-refractivity contribution in [3.63, 3.8) is 0 Å². The zero-order valence-electron chi connectivity index (χ0n) is 10.3. The molecule has 2 N–H and O–H groups in total. The number of morpholine rings is 1. The molecule has 0 spiro atoms. The SMILES string of the molecule is CCNCC(C)C(=O)N1CCOCC1C(=O)O. The van der Waals surface area contributed by atoms with Crippen molar-refractivity contribution >= 4 is 11.9 Å². The lowest BCUT2D eigenvalue weighted by molar-refractivity contribution is -0.160. The lowest BCUT2D eigenvalue weighted by Gasteiger charge is -2.34. The van der Waals surface area contributed by atoms with Crippen molar-refractivity contribution in [2.45, 2.75) is 19.9 Å². The van der Waals surface area contributed by atoms with Crippen LogP contribution in [0.1, 0.15) is 13.8 Å². The highest BCUT2D eigenvalue weighted by atomic mass is 16.5. The molecular formula is C11H20N2O4. The third-order valence-corrected chi connectivity index (χ3v) is 2.82. The number of carboxylic acid groups (broad SMARTS) is 1. The molecule has 98 valence electrons. The minimum absolute atomic E-state index is 0.0784. The average molecular weight is 244 g/mol. The maximum absolute atomic E-state index is 12.1. The van der Waals surface area contributed by atoms with Gasteiger partial charge in [-0.3, -0.25) is 4.79 Å². The highest BCUT2D eigenvalue weighted by molar-refractivity contribution is 5.85. The van der Waals surface area contributed by atoms with Crippen molar-refractivity contribution in [1.82, 2.24) is 10.2 Å². The molecule has 2 unspecified atom stereocenters. The van der Waals surface area contributed by atoms with Crippen LogP contribution in [0.3, 0.4) is 0 Å². The number of rotatable bonds is 5. The van der Waals surface area contributed by atoms with Crippen LogP contribution >= 0.6 is 0 Å². The Bertz CT molecular complexity index is 283. The van der Waals surface area contributed by atoms with Gasteiger partial charge in [-0.05, 0) is 6.54 Å². The van der Waals surface area contributed by atoms with Crippen LogP contribution in [0, 0.1) is 5.92 Å². The van der Waals surface area contributed by atoms with Gasteiger partial charge in [-0.2, -0.15) is 0 Å². The molecule has 0 aromatic carbocycles. The number of hydrogen-bond donors (Lipinski definition) is 2. The standard InChI is InChI=1S/C11H20N2O4/c1-3-12-6-8(2)10(14)13-4-5-17-7-9(13)11(15)16/h8-9,12H,3-7H2,1-2H3,(H,15,16). The summed E-state index contributed by atoms with van der Waals surface area (Å²) in [5.74, 6) is -1.34. The van der Waals surface area contributed by atoms with Gasteiger partial charge in [0.25, 0.3) is 0 Å². The van der Waals surface area contributed by atoms with Gasteiger partial charge < -0.3 is 20.1 Å². The third-order valence-electron chi connectivity index (χ3n) is 2.82. The van der Waals surface area contributed by atoms with Crippen LogP contribution in [-0.4, -0.2) is 60.8 Å². The monoisotopic (exact) mass is 244 g/mol. The van der Waals surface area contributed by atoms with E-state index < -0.39 is 12.0 Å². The molecule has 1 fully saturated rings. The Morgan fingerprint density at radius 1 is 1.59 bits per heavy atom. The Hall–Kier alpha value is -1.14. The van der Waals surface area contributed by atoms with Gasteiger partial charge in [0.15, 0.2) is 6.04 Å². The molecule has 0 bridgehead atoms. The fourth-order valence-corrected chi connectivity index (χ4v) is 1.80. The molecular weight excluding hydrogens is 224 g/mol. The van der Waals surface area contributed by atoms with E-state index in [2.05, 4.69) is 5.32 Å². The molecule has 2 atom stereocenters. The number of nitrogens with one attached hydrogen (secondary N) is 1. The van der Waals surface area contributed by atoms with Crippen LogP contribution < -0.4 is 5.32 Å². The van der Waals surface area contributed by atoms with Crippen LogP contribution in [0.5, 0.6) is 0 Å². The highest BCUT2D eigenvalue weighted by Crippen LogP contribution is 2.11. The smallest absolute Gasteiger partial charge is 0.328 e. The van der Waals surface area contributed by atoms with E-state index in [0.717, 1.165) is 6.54 Å². The molecule has 6 nitrogen and oxygen atoms in total. The molecule has 1 saturated heterocycles. The van der Waals surface area contributed by atoms with Crippen molar-refractivity contribution in [1.29, 1.82) is 0 Å². The number of aliphatic carboxylic acids is 1. The molecule has 0 aliphatic carbocycles. The van der Waals surface area contributed by atoms with Gasteiger partial charge in [-0.15, -0.1) is 0 Å². The van der Waals surface area contributed by atoms with Crippen LogP contribution in [0.2, 0.25) is 0 Å². The van der Waals surface area contributed by atoms with E-state index in [4.69, 9.17) is 9.84 Å². The number of ether oxygens (including phenoxy) is 1. The largest absolute Gasteiger partial charge is 0.480 e.